The first-order valence-corrected chi connectivity index (χ1v) is 7.90. The molecule has 2 heterocycles. The van der Waals surface area contributed by atoms with Crippen LogP contribution in [0.2, 0.25) is 0 Å². The Kier molecular flexibility index (Phi) is 5.48. The SMILES string of the molecule is CCO[C@H]1N([C@H]2C[C@H](N=[N+]=[N-])[C@@H](CO)O2)C(=O)NC(=O)[C@]1(C)Br. The number of amides is 3. The molecule has 0 aromatic heterocycles. The van der Waals surface area contributed by atoms with E-state index >= 15 is 0 Å². The Bertz CT molecular complexity index is 538. The lowest BCUT2D eigenvalue weighted by Crippen LogP contribution is -2.69. The molecule has 23 heavy (non-hydrogen) atoms. The second-order valence-corrected chi connectivity index (χ2v) is 7.02. The number of nitrogens with one attached hydrogen (secondary N) is 1. The van der Waals surface area contributed by atoms with E-state index in [9.17, 15) is 14.7 Å². The summed E-state index contributed by atoms with van der Waals surface area (Å²) in [6.45, 7) is 3.26. The lowest BCUT2D eigenvalue weighted by atomic mass is 10.0. The van der Waals surface area contributed by atoms with Gasteiger partial charge in [0.2, 0.25) is 5.91 Å². The fourth-order valence-electron chi connectivity index (χ4n) is 2.68. The molecule has 2 aliphatic rings. The Morgan fingerprint density at radius 1 is 1.65 bits per heavy atom. The van der Waals surface area contributed by atoms with E-state index in [1.807, 2.05) is 0 Å². The predicted molar refractivity (Wildman–Crippen MR) is 81.4 cm³/mol. The summed E-state index contributed by atoms with van der Waals surface area (Å²) in [6.07, 6.45) is -2.21. The average Bonchev–Trinajstić information content (AvgIpc) is 2.88. The predicted octanol–water partition coefficient (Wildman–Crippen LogP) is 0.841. The zero-order chi connectivity index (χ0) is 17.2. The van der Waals surface area contributed by atoms with Crippen molar-refractivity contribution in [2.75, 3.05) is 13.2 Å². The Hall–Kier alpha value is -1.39. The highest BCUT2D eigenvalue weighted by atomic mass is 79.9. The van der Waals surface area contributed by atoms with E-state index in [4.69, 9.17) is 15.0 Å². The minimum Gasteiger partial charge on any atom is -0.394 e. The van der Waals surface area contributed by atoms with Crippen molar-refractivity contribution in [2.24, 2.45) is 5.11 Å². The topological polar surface area (TPSA) is 137 Å². The summed E-state index contributed by atoms with van der Waals surface area (Å²) in [4.78, 5) is 28.3. The largest absolute Gasteiger partial charge is 0.394 e. The molecular weight excluding hydrogens is 374 g/mol. The molecule has 2 fully saturated rings. The van der Waals surface area contributed by atoms with E-state index in [0.717, 1.165) is 0 Å². The van der Waals surface area contributed by atoms with Crippen molar-refractivity contribution >= 4 is 27.9 Å². The lowest BCUT2D eigenvalue weighted by molar-refractivity contribution is -0.158. The maximum Gasteiger partial charge on any atom is 0.328 e. The van der Waals surface area contributed by atoms with E-state index in [2.05, 4.69) is 31.3 Å². The van der Waals surface area contributed by atoms with Gasteiger partial charge in [-0.15, -0.1) is 0 Å². The van der Waals surface area contributed by atoms with Crippen LogP contribution in [0.1, 0.15) is 20.3 Å². The maximum absolute atomic E-state index is 12.3. The molecule has 0 bridgehead atoms. The molecule has 10 nitrogen and oxygen atoms in total. The molecule has 11 heteroatoms. The van der Waals surface area contributed by atoms with Crippen LogP contribution >= 0.6 is 15.9 Å². The zero-order valence-electron chi connectivity index (χ0n) is 12.7. The van der Waals surface area contributed by atoms with Gasteiger partial charge in [0.05, 0.1) is 18.8 Å². The van der Waals surface area contributed by atoms with Crippen LogP contribution in [0.15, 0.2) is 5.11 Å². The number of azide groups is 1. The van der Waals surface area contributed by atoms with Crippen LogP contribution in [0, 0.1) is 0 Å². The van der Waals surface area contributed by atoms with Crippen LogP contribution < -0.4 is 5.32 Å². The number of urea groups is 1. The Balaban J connectivity index is 2.29. The quantitative estimate of drug-likeness (QED) is 0.309. The summed E-state index contributed by atoms with van der Waals surface area (Å²) in [5, 5.41) is 15.2. The summed E-state index contributed by atoms with van der Waals surface area (Å²) in [7, 11) is 0. The van der Waals surface area contributed by atoms with Gasteiger partial charge >= 0.3 is 6.03 Å². The number of aliphatic hydroxyl groups is 1. The van der Waals surface area contributed by atoms with E-state index in [1.165, 1.54) is 4.90 Å². The molecule has 128 valence electrons. The van der Waals surface area contributed by atoms with Gasteiger partial charge in [0.25, 0.3) is 0 Å². The minimum atomic E-state index is -1.16. The number of halogens is 1. The van der Waals surface area contributed by atoms with Crippen LogP contribution in [0.3, 0.4) is 0 Å². The molecule has 2 N–H and O–H groups in total. The fraction of sp³-hybridized carbons (Fsp3) is 0.833. The van der Waals surface area contributed by atoms with Crippen LogP contribution in [-0.4, -0.2) is 64.1 Å². The van der Waals surface area contributed by atoms with Crippen LogP contribution in [0.5, 0.6) is 0 Å². The van der Waals surface area contributed by atoms with Crippen molar-refractivity contribution in [3.05, 3.63) is 10.4 Å². The van der Waals surface area contributed by atoms with Gasteiger partial charge < -0.3 is 14.6 Å². The molecule has 0 aromatic rings. The first-order valence-electron chi connectivity index (χ1n) is 7.11. The third kappa shape index (κ3) is 3.29. The number of hydrogen-bond donors (Lipinski definition) is 2. The molecule has 0 saturated carbocycles. The second kappa shape index (κ2) is 7.02. The fourth-order valence-corrected chi connectivity index (χ4v) is 3.13. The highest BCUT2D eigenvalue weighted by Crippen LogP contribution is 2.36. The van der Waals surface area contributed by atoms with E-state index in [1.54, 1.807) is 13.8 Å². The number of nitrogens with zero attached hydrogens (tertiary/aromatic N) is 4. The maximum atomic E-state index is 12.3. The molecule has 0 unspecified atom stereocenters. The molecule has 0 aromatic carbocycles. The Morgan fingerprint density at radius 3 is 2.91 bits per heavy atom. The summed E-state index contributed by atoms with van der Waals surface area (Å²) >= 11 is 3.30. The molecular formula is C12H18BrN5O5. The van der Waals surface area contributed by atoms with Gasteiger partial charge in [-0.05, 0) is 19.4 Å². The van der Waals surface area contributed by atoms with E-state index < -0.39 is 40.9 Å². The zero-order valence-corrected chi connectivity index (χ0v) is 14.3. The number of carbonyl (C=O) groups excluding carboxylic acids is 2. The standard InChI is InChI=1S/C12H18BrN5O5/c1-3-22-10-12(2,13)9(20)15-11(21)18(10)8-4-6(16-17-14)7(5-19)23-8/h6-8,10,19H,3-5H2,1-2H3,(H,15,20,21)/t6-,7+,8+,10+,12-/m0/s1. The number of ether oxygens (including phenoxy) is 2. The van der Waals surface area contributed by atoms with Gasteiger partial charge in [-0.25, -0.2) is 4.79 Å². The first kappa shape index (κ1) is 18.0. The average molecular weight is 392 g/mol. The van der Waals surface area contributed by atoms with Crippen molar-refractivity contribution in [3.63, 3.8) is 0 Å². The third-order valence-electron chi connectivity index (χ3n) is 3.83. The summed E-state index contributed by atoms with van der Waals surface area (Å²) in [5.41, 5.74) is 8.59. The van der Waals surface area contributed by atoms with Gasteiger partial charge in [0.1, 0.15) is 10.6 Å². The molecule has 2 rings (SSSR count). The van der Waals surface area contributed by atoms with E-state index in [-0.39, 0.29) is 19.6 Å². The molecule has 0 spiro atoms. The first-order chi connectivity index (χ1) is 10.9. The van der Waals surface area contributed by atoms with Crippen molar-refractivity contribution in [1.82, 2.24) is 10.2 Å². The summed E-state index contributed by atoms with van der Waals surface area (Å²) < 4.78 is 10.0. The second-order valence-electron chi connectivity index (χ2n) is 5.37. The number of imide groups is 1. The Morgan fingerprint density at radius 2 is 2.35 bits per heavy atom. The van der Waals surface area contributed by atoms with Gasteiger partial charge in [-0.3, -0.25) is 15.0 Å². The summed E-state index contributed by atoms with van der Waals surface area (Å²) in [6, 6.07) is -1.27. The van der Waals surface area contributed by atoms with Crippen molar-refractivity contribution in [2.45, 2.75) is 49.2 Å². The normalized spacial score (nSPS) is 37.5. The molecule has 0 radical (unpaired) electrons. The minimum absolute atomic E-state index is 0.198. The molecule has 3 amide bonds. The molecule has 5 atom stereocenters. The van der Waals surface area contributed by atoms with Crippen molar-refractivity contribution < 1.29 is 24.2 Å². The van der Waals surface area contributed by atoms with Crippen molar-refractivity contribution in [3.8, 4) is 0 Å². The number of alkyl halides is 1. The van der Waals surface area contributed by atoms with Crippen LogP contribution in [-0.2, 0) is 14.3 Å². The van der Waals surface area contributed by atoms with Crippen LogP contribution in [0.4, 0.5) is 4.79 Å². The van der Waals surface area contributed by atoms with Gasteiger partial charge in [-0.2, -0.15) is 0 Å². The van der Waals surface area contributed by atoms with Crippen LogP contribution in [0.25, 0.3) is 10.4 Å². The number of hydrogen-bond acceptors (Lipinski definition) is 6. The van der Waals surface area contributed by atoms with Gasteiger partial charge in [0.15, 0.2) is 6.23 Å². The smallest absolute Gasteiger partial charge is 0.328 e. The van der Waals surface area contributed by atoms with Gasteiger partial charge in [0, 0.05) is 17.9 Å². The third-order valence-corrected chi connectivity index (χ3v) is 4.59. The Labute approximate surface area is 140 Å². The lowest BCUT2D eigenvalue weighted by Gasteiger charge is -2.45. The van der Waals surface area contributed by atoms with E-state index in [0.29, 0.717) is 0 Å². The van der Waals surface area contributed by atoms with Gasteiger partial charge in [-0.1, -0.05) is 21.0 Å². The summed E-state index contributed by atoms with van der Waals surface area (Å²) in [5.74, 6) is -0.513. The highest BCUT2D eigenvalue weighted by Gasteiger charge is 2.54. The number of aliphatic hydroxyl groups excluding tert-OH is 1. The molecule has 2 aliphatic heterocycles. The molecule has 2 saturated heterocycles. The number of carbonyl (C=O) groups is 2. The molecule has 0 aliphatic carbocycles. The highest BCUT2D eigenvalue weighted by molar-refractivity contribution is 9.10. The number of rotatable bonds is 5. The monoisotopic (exact) mass is 391 g/mol. The van der Waals surface area contributed by atoms with Crippen molar-refractivity contribution in [1.29, 1.82) is 0 Å².